The van der Waals surface area contributed by atoms with E-state index in [0.717, 1.165) is 0 Å². The van der Waals surface area contributed by atoms with Gasteiger partial charge >= 0.3 is 5.97 Å². The predicted molar refractivity (Wildman–Crippen MR) is 68.9 cm³/mol. The van der Waals surface area contributed by atoms with Crippen LogP contribution in [0.25, 0.3) is 0 Å². The number of aliphatic imine (C=N–C) groups is 1. The molecule has 0 aliphatic heterocycles. The summed E-state index contributed by atoms with van der Waals surface area (Å²) in [6.45, 7) is -0.385. The van der Waals surface area contributed by atoms with Gasteiger partial charge in [-0.1, -0.05) is 18.2 Å². The number of sulfonamides is 1. The maximum atomic E-state index is 11.9. The van der Waals surface area contributed by atoms with Crippen LogP contribution in [0, 0.1) is 0 Å². The number of guanidine groups is 1. The Kier molecular flexibility index (Phi) is 4.84. The van der Waals surface area contributed by atoms with Gasteiger partial charge in [-0.3, -0.25) is 9.79 Å². The van der Waals surface area contributed by atoms with Crippen molar-refractivity contribution in [2.45, 2.75) is 10.9 Å². The minimum absolute atomic E-state index is 0.0362. The molecule has 104 valence electrons. The summed E-state index contributed by atoms with van der Waals surface area (Å²) in [7, 11) is -3.93. The van der Waals surface area contributed by atoms with Gasteiger partial charge in [0, 0.05) is 0 Å². The van der Waals surface area contributed by atoms with E-state index in [1.54, 1.807) is 6.07 Å². The lowest BCUT2D eigenvalue weighted by molar-refractivity contribution is -0.138. The molecule has 19 heavy (non-hydrogen) atoms. The minimum atomic E-state index is -3.93. The van der Waals surface area contributed by atoms with Crippen LogP contribution in [0.1, 0.15) is 0 Å². The van der Waals surface area contributed by atoms with E-state index >= 15 is 0 Å². The smallest absolute Gasteiger partial charge is 0.323 e. The Labute approximate surface area is 110 Å². The summed E-state index contributed by atoms with van der Waals surface area (Å²) >= 11 is 0. The molecule has 1 rings (SSSR count). The Hall–Kier alpha value is -2.13. The molecule has 6 N–H and O–H groups in total. The van der Waals surface area contributed by atoms with Crippen molar-refractivity contribution in [1.29, 1.82) is 0 Å². The number of nitrogens with two attached hydrogens (primary N) is 2. The molecule has 0 saturated heterocycles. The van der Waals surface area contributed by atoms with Crippen LogP contribution in [0.3, 0.4) is 0 Å². The number of hydrogen-bond donors (Lipinski definition) is 4. The van der Waals surface area contributed by atoms with Crippen LogP contribution < -0.4 is 16.2 Å². The summed E-state index contributed by atoms with van der Waals surface area (Å²) in [5, 5.41) is 8.92. The second-order valence-corrected chi connectivity index (χ2v) is 5.30. The zero-order chi connectivity index (χ0) is 14.5. The number of hydrogen-bond acceptors (Lipinski definition) is 4. The summed E-state index contributed by atoms with van der Waals surface area (Å²) in [6, 6.07) is 5.96. The fourth-order valence-corrected chi connectivity index (χ4v) is 2.42. The molecule has 9 heteroatoms. The predicted octanol–water partition coefficient (Wildman–Crippen LogP) is -1.31. The average Bonchev–Trinajstić information content (AvgIpc) is 2.35. The Morgan fingerprint density at radius 1 is 1.32 bits per heavy atom. The summed E-state index contributed by atoms with van der Waals surface area (Å²) in [5.41, 5.74) is 10.1. The van der Waals surface area contributed by atoms with E-state index in [1.807, 2.05) is 4.72 Å². The van der Waals surface area contributed by atoms with Crippen LogP contribution in [-0.4, -0.2) is 38.0 Å². The van der Waals surface area contributed by atoms with Crippen molar-refractivity contribution in [2.75, 3.05) is 6.54 Å². The van der Waals surface area contributed by atoms with Gasteiger partial charge in [-0.05, 0) is 12.1 Å². The summed E-state index contributed by atoms with van der Waals surface area (Å²) in [5.74, 6) is -1.69. The van der Waals surface area contributed by atoms with E-state index in [-0.39, 0.29) is 17.4 Å². The highest BCUT2D eigenvalue weighted by atomic mass is 32.2. The zero-order valence-corrected chi connectivity index (χ0v) is 10.7. The number of carboxylic acid groups (broad SMARTS) is 1. The molecular formula is C10H14N4O4S. The number of benzene rings is 1. The first-order valence-corrected chi connectivity index (χ1v) is 6.67. The van der Waals surface area contributed by atoms with Crippen LogP contribution in [0.2, 0.25) is 0 Å². The highest BCUT2D eigenvalue weighted by Gasteiger charge is 2.24. The highest BCUT2D eigenvalue weighted by Crippen LogP contribution is 2.08. The maximum absolute atomic E-state index is 11.9. The number of nitrogens with zero attached hydrogens (tertiary/aromatic N) is 1. The Balaban J connectivity index is 2.91. The van der Waals surface area contributed by atoms with Gasteiger partial charge in [-0.2, -0.15) is 4.72 Å². The molecular weight excluding hydrogens is 272 g/mol. The highest BCUT2D eigenvalue weighted by molar-refractivity contribution is 7.89. The lowest BCUT2D eigenvalue weighted by Crippen LogP contribution is -2.43. The molecule has 0 aromatic heterocycles. The SMILES string of the molecule is NC(N)=NC[C@H](NS(=O)(=O)c1ccccc1)C(=O)O. The van der Waals surface area contributed by atoms with Crippen molar-refractivity contribution < 1.29 is 18.3 Å². The van der Waals surface area contributed by atoms with E-state index < -0.39 is 22.0 Å². The molecule has 0 unspecified atom stereocenters. The van der Waals surface area contributed by atoms with Gasteiger partial charge in [0.05, 0.1) is 11.4 Å². The van der Waals surface area contributed by atoms with Crippen LogP contribution in [-0.2, 0) is 14.8 Å². The summed E-state index contributed by atoms with van der Waals surface area (Å²) < 4.78 is 25.8. The average molecular weight is 286 g/mol. The minimum Gasteiger partial charge on any atom is -0.480 e. The van der Waals surface area contributed by atoms with Crippen LogP contribution in [0.4, 0.5) is 0 Å². The number of rotatable bonds is 6. The van der Waals surface area contributed by atoms with E-state index in [0.29, 0.717) is 0 Å². The molecule has 8 nitrogen and oxygen atoms in total. The first-order valence-electron chi connectivity index (χ1n) is 5.18. The third kappa shape index (κ3) is 4.56. The number of aliphatic carboxylic acids is 1. The molecule has 0 aliphatic carbocycles. The van der Waals surface area contributed by atoms with Crippen molar-refractivity contribution in [2.24, 2.45) is 16.5 Å². The Morgan fingerprint density at radius 2 is 1.89 bits per heavy atom. The van der Waals surface area contributed by atoms with Crippen molar-refractivity contribution in [3.63, 3.8) is 0 Å². The molecule has 0 heterocycles. The van der Waals surface area contributed by atoms with Gasteiger partial charge in [0.1, 0.15) is 6.04 Å². The molecule has 0 spiro atoms. The van der Waals surface area contributed by atoms with Crippen molar-refractivity contribution >= 4 is 22.0 Å². The first-order chi connectivity index (χ1) is 8.83. The largest absolute Gasteiger partial charge is 0.480 e. The third-order valence-electron chi connectivity index (χ3n) is 2.11. The van der Waals surface area contributed by atoms with Gasteiger partial charge in [0.2, 0.25) is 10.0 Å². The monoisotopic (exact) mass is 286 g/mol. The lowest BCUT2D eigenvalue weighted by atomic mass is 10.3. The molecule has 0 aliphatic rings. The second-order valence-electron chi connectivity index (χ2n) is 3.59. The number of nitrogens with one attached hydrogen (secondary N) is 1. The van der Waals surface area contributed by atoms with E-state index in [4.69, 9.17) is 16.6 Å². The van der Waals surface area contributed by atoms with Crippen LogP contribution in [0.5, 0.6) is 0 Å². The number of carboxylic acids is 1. The zero-order valence-electron chi connectivity index (χ0n) is 9.85. The van der Waals surface area contributed by atoms with Crippen molar-refractivity contribution in [1.82, 2.24) is 4.72 Å². The normalized spacial score (nSPS) is 12.6. The summed E-state index contributed by atoms with van der Waals surface area (Å²) in [4.78, 5) is 14.4. The van der Waals surface area contributed by atoms with Crippen molar-refractivity contribution in [3.05, 3.63) is 30.3 Å². The van der Waals surface area contributed by atoms with Gasteiger partial charge < -0.3 is 16.6 Å². The molecule has 0 radical (unpaired) electrons. The Bertz CT molecular complexity index is 566. The maximum Gasteiger partial charge on any atom is 0.323 e. The van der Waals surface area contributed by atoms with Crippen LogP contribution >= 0.6 is 0 Å². The van der Waals surface area contributed by atoms with Gasteiger partial charge in [0.25, 0.3) is 0 Å². The quantitative estimate of drug-likeness (QED) is 0.377. The molecule has 0 saturated carbocycles. The van der Waals surface area contributed by atoms with E-state index in [9.17, 15) is 13.2 Å². The third-order valence-corrected chi connectivity index (χ3v) is 3.59. The second kappa shape index (κ2) is 6.16. The first kappa shape index (κ1) is 14.9. The molecule has 0 fully saturated rings. The molecule has 1 aromatic carbocycles. The summed E-state index contributed by atoms with van der Waals surface area (Å²) in [6.07, 6.45) is 0. The molecule has 0 amide bonds. The lowest BCUT2D eigenvalue weighted by Gasteiger charge is -2.12. The van der Waals surface area contributed by atoms with E-state index in [2.05, 4.69) is 4.99 Å². The van der Waals surface area contributed by atoms with Gasteiger partial charge in [0.15, 0.2) is 5.96 Å². The van der Waals surface area contributed by atoms with Gasteiger partial charge in [-0.15, -0.1) is 0 Å². The molecule has 1 aromatic rings. The standard InChI is InChI=1S/C10H14N4O4S/c11-10(12)13-6-8(9(15)16)14-19(17,18)7-4-2-1-3-5-7/h1-5,8,14H,6H2,(H,15,16)(H4,11,12,13)/t8-/m0/s1. The molecule has 0 bridgehead atoms. The van der Waals surface area contributed by atoms with Crippen LogP contribution in [0.15, 0.2) is 40.2 Å². The van der Waals surface area contributed by atoms with Gasteiger partial charge in [-0.25, -0.2) is 8.42 Å². The van der Waals surface area contributed by atoms with Crippen molar-refractivity contribution in [3.8, 4) is 0 Å². The topological polar surface area (TPSA) is 148 Å². The fraction of sp³-hybridized carbons (Fsp3) is 0.200. The Morgan fingerprint density at radius 3 is 2.37 bits per heavy atom. The fourth-order valence-electron chi connectivity index (χ4n) is 1.22. The van der Waals surface area contributed by atoms with E-state index in [1.165, 1.54) is 24.3 Å². The molecule has 1 atom stereocenters. The number of carbonyl (C=O) groups is 1.